The lowest BCUT2D eigenvalue weighted by Crippen LogP contribution is -2.34. The predicted octanol–water partition coefficient (Wildman–Crippen LogP) is 0.204. The van der Waals surface area contributed by atoms with Crippen molar-refractivity contribution in [2.45, 2.75) is 19.9 Å². The number of rotatable bonds is 2. The molecule has 0 aromatic rings. The molecular weight excluding hydrogens is 112 g/mol. The van der Waals surface area contributed by atoms with Crippen molar-refractivity contribution in [1.29, 1.82) is 0 Å². The second-order valence-electron chi connectivity index (χ2n) is 2.80. The highest BCUT2D eigenvalue weighted by atomic mass is 15.0. The molecule has 2 N–H and O–H groups in total. The van der Waals surface area contributed by atoms with Crippen LogP contribution in [0.2, 0.25) is 0 Å². The third kappa shape index (κ3) is 1.66. The first kappa shape index (κ1) is 7.03. The lowest BCUT2D eigenvalue weighted by atomic mass is 10.1. The van der Waals surface area contributed by atoms with Crippen LogP contribution in [0.3, 0.4) is 0 Å². The highest BCUT2D eigenvalue weighted by Crippen LogP contribution is 2.05. The Morgan fingerprint density at radius 3 is 2.78 bits per heavy atom. The largest absolute Gasteiger partial charge is 0.315 e. The van der Waals surface area contributed by atoms with Gasteiger partial charge in [0.05, 0.1) is 0 Å². The zero-order valence-corrected chi connectivity index (χ0v) is 6.28. The highest BCUT2D eigenvalue weighted by molar-refractivity contribution is 4.82. The smallest absolute Gasteiger partial charge is 0.0230 e. The van der Waals surface area contributed by atoms with E-state index in [9.17, 15) is 0 Å². The zero-order chi connectivity index (χ0) is 6.69. The Morgan fingerprint density at radius 2 is 2.33 bits per heavy atom. The Hall–Kier alpha value is -0.0800. The lowest BCUT2D eigenvalue weighted by Gasteiger charge is -2.13. The molecule has 0 radical (unpaired) electrons. The molecule has 2 nitrogen and oxygen atoms in total. The van der Waals surface area contributed by atoms with Crippen LogP contribution in [0.1, 0.15) is 13.8 Å². The maximum Gasteiger partial charge on any atom is 0.0230 e. The van der Waals surface area contributed by atoms with Crippen LogP contribution >= 0.6 is 0 Å². The van der Waals surface area contributed by atoms with E-state index >= 15 is 0 Å². The van der Waals surface area contributed by atoms with Gasteiger partial charge in [0.25, 0.3) is 0 Å². The molecule has 2 heteroatoms. The fourth-order valence-electron chi connectivity index (χ4n) is 1.35. The maximum atomic E-state index is 3.43. The van der Waals surface area contributed by atoms with Gasteiger partial charge in [-0.1, -0.05) is 13.8 Å². The molecule has 0 spiro atoms. The van der Waals surface area contributed by atoms with E-state index in [1.54, 1.807) is 0 Å². The molecule has 1 fully saturated rings. The summed E-state index contributed by atoms with van der Waals surface area (Å²) in [6, 6.07) is 0.718. The molecule has 2 atom stereocenters. The standard InChI is InChI=1S/C7H16N2/c1-3-9-7-5-8-4-6(7)2/h6-9H,3-5H2,1-2H3. The van der Waals surface area contributed by atoms with Gasteiger partial charge in [-0.2, -0.15) is 0 Å². The summed E-state index contributed by atoms with van der Waals surface area (Å²) in [4.78, 5) is 0. The Bertz CT molecular complexity index is 83.0. The number of nitrogens with one attached hydrogen (secondary N) is 2. The Morgan fingerprint density at radius 1 is 1.56 bits per heavy atom. The molecular formula is C7H16N2. The van der Waals surface area contributed by atoms with Crippen molar-refractivity contribution >= 4 is 0 Å². The Balaban J connectivity index is 2.22. The maximum absolute atomic E-state index is 3.43. The van der Waals surface area contributed by atoms with E-state index in [-0.39, 0.29) is 0 Å². The Labute approximate surface area is 57.0 Å². The summed E-state index contributed by atoms with van der Waals surface area (Å²) in [5.41, 5.74) is 0. The fraction of sp³-hybridized carbons (Fsp3) is 1.00. The molecule has 9 heavy (non-hydrogen) atoms. The van der Waals surface area contributed by atoms with Crippen molar-refractivity contribution in [3.63, 3.8) is 0 Å². The lowest BCUT2D eigenvalue weighted by molar-refractivity contribution is 0.466. The molecule has 54 valence electrons. The van der Waals surface area contributed by atoms with Crippen LogP contribution in [0.5, 0.6) is 0 Å². The molecule has 1 aliphatic heterocycles. The van der Waals surface area contributed by atoms with Crippen LogP contribution in [-0.2, 0) is 0 Å². The van der Waals surface area contributed by atoms with Crippen molar-refractivity contribution in [3.8, 4) is 0 Å². The van der Waals surface area contributed by atoms with Gasteiger partial charge in [-0.15, -0.1) is 0 Å². The van der Waals surface area contributed by atoms with E-state index in [1.807, 2.05) is 0 Å². The first-order valence-electron chi connectivity index (χ1n) is 3.78. The van der Waals surface area contributed by atoms with Gasteiger partial charge < -0.3 is 10.6 Å². The van der Waals surface area contributed by atoms with Gasteiger partial charge in [0.15, 0.2) is 0 Å². The van der Waals surface area contributed by atoms with Gasteiger partial charge in [-0.05, 0) is 19.0 Å². The number of likely N-dealkylation sites (N-methyl/N-ethyl adjacent to an activating group) is 1. The summed E-state index contributed by atoms with van der Waals surface area (Å²) in [5.74, 6) is 0.810. The minimum atomic E-state index is 0.718. The highest BCUT2D eigenvalue weighted by Gasteiger charge is 2.20. The topological polar surface area (TPSA) is 24.1 Å². The fourth-order valence-corrected chi connectivity index (χ4v) is 1.35. The van der Waals surface area contributed by atoms with Crippen LogP contribution < -0.4 is 10.6 Å². The molecule has 0 bridgehead atoms. The monoisotopic (exact) mass is 128 g/mol. The van der Waals surface area contributed by atoms with E-state index in [1.165, 1.54) is 6.54 Å². The van der Waals surface area contributed by atoms with Crippen molar-refractivity contribution in [3.05, 3.63) is 0 Å². The molecule has 0 saturated carbocycles. The second-order valence-corrected chi connectivity index (χ2v) is 2.80. The van der Waals surface area contributed by atoms with Crippen molar-refractivity contribution in [2.75, 3.05) is 19.6 Å². The second kappa shape index (κ2) is 3.18. The van der Waals surface area contributed by atoms with Crippen LogP contribution in [0.15, 0.2) is 0 Å². The first-order chi connectivity index (χ1) is 4.34. The SMILES string of the molecule is CCNC1CNCC1C. The number of hydrogen-bond donors (Lipinski definition) is 2. The summed E-state index contributed by atoms with van der Waals surface area (Å²) in [6.45, 7) is 7.86. The van der Waals surface area contributed by atoms with Crippen LogP contribution in [-0.4, -0.2) is 25.7 Å². The van der Waals surface area contributed by atoms with Crippen molar-refractivity contribution in [1.82, 2.24) is 10.6 Å². The van der Waals surface area contributed by atoms with Gasteiger partial charge in [0.2, 0.25) is 0 Å². The van der Waals surface area contributed by atoms with Crippen LogP contribution in [0, 0.1) is 5.92 Å². The van der Waals surface area contributed by atoms with Gasteiger partial charge in [-0.25, -0.2) is 0 Å². The minimum absolute atomic E-state index is 0.718. The predicted molar refractivity (Wildman–Crippen MR) is 39.5 cm³/mol. The molecule has 0 aromatic heterocycles. The summed E-state index contributed by atoms with van der Waals surface area (Å²) in [5, 5.41) is 6.78. The summed E-state index contributed by atoms with van der Waals surface area (Å²) in [7, 11) is 0. The van der Waals surface area contributed by atoms with Crippen LogP contribution in [0.25, 0.3) is 0 Å². The van der Waals surface area contributed by atoms with Gasteiger partial charge in [0, 0.05) is 12.6 Å². The van der Waals surface area contributed by atoms with Gasteiger partial charge in [-0.3, -0.25) is 0 Å². The molecule has 0 aromatic carbocycles. The molecule has 1 aliphatic rings. The van der Waals surface area contributed by atoms with Gasteiger partial charge in [0.1, 0.15) is 0 Å². The first-order valence-corrected chi connectivity index (χ1v) is 3.78. The molecule has 0 amide bonds. The Kier molecular flexibility index (Phi) is 2.49. The molecule has 1 saturated heterocycles. The third-order valence-electron chi connectivity index (χ3n) is 1.98. The van der Waals surface area contributed by atoms with Crippen molar-refractivity contribution < 1.29 is 0 Å². The quantitative estimate of drug-likeness (QED) is 0.555. The summed E-state index contributed by atoms with van der Waals surface area (Å²) in [6.07, 6.45) is 0. The molecule has 2 unspecified atom stereocenters. The molecule has 1 rings (SSSR count). The summed E-state index contributed by atoms with van der Waals surface area (Å²) >= 11 is 0. The minimum Gasteiger partial charge on any atom is -0.315 e. The van der Waals surface area contributed by atoms with E-state index < -0.39 is 0 Å². The van der Waals surface area contributed by atoms with E-state index in [0.717, 1.165) is 25.0 Å². The number of hydrogen-bond acceptors (Lipinski definition) is 2. The van der Waals surface area contributed by atoms with E-state index in [2.05, 4.69) is 24.5 Å². The average Bonchev–Trinajstić information content (AvgIpc) is 2.18. The molecule has 0 aliphatic carbocycles. The van der Waals surface area contributed by atoms with Crippen molar-refractivity contribution in [2.24, 2.45) is 5.92 Å². The third-order valence-corrected chi connectivity index (χ3v) is 1.98. The zero-order valence-electron chi connectivity index (χ0n) is 6.28. The summed E-state index contributed by atoms with van der Waals surface area (Å²) < 4.78 is 0. The van der Waals surface area contributed by atoms with E-state index in [0.29, 0.717) is 0 Å². The van der Waals surface area contributed by atoms with Crippen LogP contribution in [0.4, 0.5) is 0 Å². The molecule has 1 heterocycles. The van der Waals surface area contributed by atoms with Gasteiger partial charge >= 0.3 is 0 Å². The van der Waals surface area contributed by atoms with E-state index in [4.69, 9.17) is 0 Å². The normalized spacial score (nSPS) is 35.3. The average molecular weight is 128 g/mol.